The summed E-state index contributed by atoms with van der Waals surface area (Å²) in [5.74, 6) is -0.363. The van der Waals surface area contributed by atoms with Gasteiger partial charge in [-0.15, -0.1) is 0 Å². The van der Waals surface area contributed by atoms with Crippen LogP contribution in [0.1, 0.15) is 13.3 Å². The Balaban J connectivity index is 0.000000437. The van der Waals surface area contributed by atoms with Gasteiger partial charge in [0.25, 0.3) is 0 Å². The molecule has 0 atom stereocenters. The molecule has 0 radical (unpaired) electrons. The molecule has 0 amide bonds. The highest BCUT2D eigenvalue weighted by Gasteiger charge is 2.18. The Hall–Kier alpha value is 0.140. The van der Waals surface area contributed by atoms with Crippen LogP contribution in [0.2, 0.25) is 25.1 Å². The van der Waals surface area contributed by atoms with Crippen molar-refractivity contribution in [1.29, 1.82) is 0 Å². The molecule has 1 N–H and O–H groups in total. The van der Waals surface area contributed by atoms with E-state index in [2.05, 4.69) is 0 Å². The second kappa shape index (κ2) is 8.28. The molecular formula is C10H8Cl5FO. The lowest BCUT2D eigenvalue weighted by Gasteiger charge is -2.06. The first-order valence-electron chi connectivity index (χ1n) is 4.34. The summed E-state index contributed by atoms with van der Waals surface area (Å²) in [6.45, 7) is 1.88. The summed E-state index contributed by atoms with van der Waals surface area (Å²) in [6, 6.07) is 0. The van der Waals surface area contributed by atoms with Crippen LogP contribution in [-0.2, 0) is 0 Å². The van der Waals surface area contributed by atoms with E-state index in [1.54, 1.807) is 0 Å². The normalized spacial score (nSPS) is 10.3. The third-order valence-corrected chi connectivity index (χ3v) is 3.77. The van der Waals surface area contributed by atoms with Crippen molar-refractivity contribution in [3.8, 4) is 5.75 Å². The number of phenolic OH excluding ortho intramolecular Hbond substituents is 1. The zero-order valence-corrected chi connectivity index (χ0v) is 12.4. The lowest BCUT2D eigenvalue weighted by Crippen LogP contribution is -1.78. The lowest BCUT2D eigenvalue weighted by molar-refractivity contribution is 0.476. The third-order valence-electron chi connectivity index (χ3n) is 1.51. The van der Waals surface area contributed by atoms with Crippen LogP contribution >= 0.6 is 58.0 Å². The molecule has 0 aliphatic heterocycles. The van der Waals surface area contributed by atoms with Crippen LogP contribution in [0.4, 0.5) is 4.39 Å². The van der Waals surface area contributed by atoms with Gasteiger partial charge in [0.05, 0.1) is 21.4 Å². The molecule has 7 heteroatoms. The third kappa shape index (κ3) is 4.72. The van der Waals surface area contributed by atoms with Gasteiger partial charge >= 0.3 is 0 Å². The maximum atomic E-state index is 10.8. The summed E-state index contributed by atoms with van der Waals surface area (Å²) >= 11 is 27.9. The van der Waals surface area contributed by atoms with Gasteiger partial charge in [0.15, 0.2) is 5.75 Å². The van der Waals surface area contributed by atoms with E-state index in [0.29, 0.717) is 6.33 Å². The van der Waals surface area contributed by atoms with Gasteiger partial charge in [0.1, 0.15) is 10.0 Å². The zero-order valence-electron chi connectivity index (χ0n) is 8.58. The molecule has 0 spiro atoms. The van der Waals surface area contributed by atoms with Crippen molar-refractivity contribution >= 4 is 58.0 Å². The molecule has 1 aromatic carbocycles. The maximum absolute atomic E-state index is 10.8. The number of hydrogen-bond acceptors (Lipinski definition) is 1. The molecule has 0 fully saturated rings. The van der Waals surface area contributed by atoms with E-state index in [4.69, 9.17) is 58.0 Å². The first-order chi connectivity index (χ1) is 7.88. The number of rotatable bonds is 1. The Morgan fingerprint density at radius 3 is 1.53 bits per heavy atom. The van der Waals surface area contributed by atoms with E-state index in [1.807, 2.05) is 6.92 Å². The van der Waals surface area contributed by atoms with Gasteiger partial charge in [-0.1, -0.05) is 71.0 Å². The average molecular weight is 340 g/mol. The zero-order chi connectivity index (χ0) is 13.6. The monoisotopic (exact) mass is 338 g/mol. The van der Waals surface area contributed by atoms with Crippen LogP contribution in [0.5, 0.6) is 5.75 Å². The molecule has 17 heavy (non-hydrogen) atoms. The van der Waals surface area contributed by atoms with Crippen LogP contribution in [-0.4, -0.2) is 5.11 Å². The van der Waals surface area contributed by atoms with E-state index in [1.165, 1.54) is 6.08 Å². The molecule has 0 saturated carbocycles. The highest BCUT2D eigenvalue weighted by Crippen LogP contribution is 2.47. The molecular weight excluding hydrogens is 332 g/mol. The Labute approximate surface area is 124 Å². The van der Waals surface area contributed by atoms with E-state index in [9.17, 15) is 9.50 Å². The van der Waals surface area contributed by atoms with Crippen molar-refractivity contribution in [2.75, 3.05) is 0 Å². The Bertz CT molecular complexity index is 315. The molecule has 96 valence electrons. The molecule has 1 nitrogen and oxygen atoms in total. The fourth-order valence-corrected chi connectivity index (χ4v) is 1.81. The number of benzene rings is 1. The second-order valence-corrected chi connectivity index (χ2v) is 4.58. The summed E-state index contributed by atoms with van der Waals surface area (Å²) in [5, 5.41) is 9.01. The fourth-order valence-electron chi connectivity index (χ4n) is 0.682. The van der Waals surface area contributed by atoms with Gasteiger partial charge in [-0.2, -0.15) is 0 Å². The van der Waals surface area contributed by atoms with Gasteiger partial charge in [-0.25, -0.2) is 4.39 Å². The van der Waals surface area contributed by atoms with E-state index < -0.39 is 0 Å². The number of halogens is 6. The van der Waals surface area contributed by atoms with Crippen LogP contribution in [0, 0.1) is 0 Å². The van der Waals surface area contributed by atoms with Crippen molar-refractivity contribution in [1.82, 2.24) is 0 Å². The SMILES string of the molecule is CC/C=C/F.Oc1c(Cl)c(Cl)c(Cl)c(Cl)c1Cl. The van der Waals surface area contributed by atoms with Gasteiger partial charge in [0, 0.05) is 0 Å². The Morgan fingerprint density at radius 2 is 1.29 bits per heavy atom. The Kier molecular flexibility index (Phi) is 8.35. The summed E-state index contributed by atoms with van der Waals surface area (Å²) in [5.41, 5.74) is 0. The number of allylic oxidation sites excluding steroid dienone is 1. The summed E-state index contributed by atoms with van der Waals surface area (Å²) < 4.78 is 10.8. The van der Waals surface area contributed by atoms with Crippen LogP contribution in [0.3, 0.4) is 0 Å². The minimum atomic E-state index is -0.363. The van der Waals surface area contributed by atoms with Crippen LogP contribution in [0.15, 0.2) is 12.4 Å². The predicted octanol–water partition coefficient (Wildman–Crippen LogP) is 6.54. The minimum Gasteiger partial charge on any atom is -0.505 e. The number of phenols is 1. The van der Waals surface area contributed by atoms with E-state index in [-0.39, 0.29) is 30.9 Å². The first kappa shape index (κ1) is 17.1. The summed E-state index contributed by atoms with van der Waals surface area (Å²) in [6.07, 6.45) is 2.80. The molecule has 0 heterocycles. The quantitative estimate of drug-likeness (QED) is 0.454. The van der Waals surface area contributed by atoms with Crippen molar-refractivity contribution in [3.63, 3.8) is 0 Å². The topological polar surface area (TPSA) is 20.2 Å². The van der Waals surface area contributed by atoms with Gasteiger partial charge in [0.2, 0.25) is 0 Å². The average Bonchev–Trinajstić information content (AvgIpc) is 2.33. The fraction of sp³-hybridized carbons (Fsp3) is 0.200. The molecule has 0 unspecified atom stereocenters. The molecule has 0 aromatic heterocycles. The second-order valence-electron chi connectivity index (χ2n) is 2.69. The highest BCUT2D eigenvalue weighted by atomic mass is 35.5. The molecule has 0 aliphatic rings. The summed E-state index contributed by atoms with van der Waals surface area (Å²) in [7, 11) is 0. The van der Waals surface area contributed by atoms with Crippen LogP contribution in [0.25, 0.3) is 0 Å². The van der Waals surface area contributed by atoms with Gasteiger partial charge in [-0.3, -0.25) is 0 Å². The van der Waals surface area contributed by atoms with E-state index >= 15 is 0 Å². The van der Waals surface area contributed by atoms with Crippen LogP contribution < -0.4 is 0 Å². The largest absolute Gasteiger partial charge is 0.505 e. The molecule has 0 saturated heterocycles. The van der Waals surface area contributed by atoms with Crippen molar-refractivity contribution < 1.29 is 9.50 Å². The predicted molar refractivity (Wildman–Crippen MR) is 73.7 cm³/mol. The van der Waals surface area contributed by atoms with Crippen molar-refractivity contribution in [2.24, 2.45) is 0 Å². The van der Waals surface area contributed by atoms with Gasteiger partial charge in [-0.05, 0) is 6.42 Å². The van der Waals surface area contributed by atoms with Crippen molar-refractivity contribution in [2.45, 2.75) is 13.3 Å². The summed E-state index contributed by atoms with van der Waals surface area (Å²) in [4.78, 5) is 0. The molecule has 0 aliphatic carbocycles. The first-order valence-corrected chi connectivity index (χ1v) is 6.23. The smallest absolute Gasteiger partial charge is 0.155 e. The maximum Gasteiger partial charge on any atom is 0.155 e. The molecule has 1 rings (SSSR count). The number of hydrogen-bond donors (Lipinski definition) is 1. The molecule has 1 aromatic rings. The number of aromatic hydroxyl groups is 1. The van der Waals surface area contributed by atoms with Gasteiger partial charge < -0.3 is 5.11 Å². The van der Waals surface area contributed by atoms with E-state index in [0.717, 1.165) is 6.42 Å². The standard InChI is InChI=1S/C6HCl5O.C4H7F/c7-1-2(8)4(10)6(12)5(11)3(1)9;1-2-3-4-5/h12H;3-4H,2H2,1H3/b;4-3+. The Morgan fingerprint density at radius 1 is 0.941 bits per heavy atom. The molecule has 0 bridgehead atoms. The van der Waals surface area contributed by atoms with Crippen molar-refractivity contribution in [3.05, 3.63) is 37.5 Å². The lowest BCUT2D eigenvalue weighted by atomic mass is 10.3. The highest BCUT2D eigenvalue weighted by molar-refractivity contribution is 6.55. The minimum absolute atomic E-state index is 0.00904.